The maximum atomic E-state index is 12.2. The molecule has 0 saturated heterocycles. The van der Waals surface area contributed by atoms with Crippen LogP contribution in [0, 0.1) is 0 Å². The number of carbonyl (C=O) groups is 1. The molecule has 2 aromatic rings. The first-order chi connectivity index (χ1) is 8.58. The molecule has 0 aliphatic rings. The fourth-order valence-electron chi connectivity index (χ4n) is 1.52. The topological polar surface area (TPSA) is 53.4 Å². The molecule has 0 spiro atoms. The molecule has 5 heteroatoms. The second kappa shape index (κ2) is 5.06. The Morgan fingerprint density at radius 3 is 2.56 bits per heavy atom. The average Bonchev–Trinajstić information content (AvgIpc) is 2.38. The van der Waals surface area contributed by atoms with Crippen LogP contribution in [0.1, 0.15) is 10.4 Å². The van der Waals surface area contributed by atoms with Crippen molar-refractivity contribution in [3.8, 4) is 5.75 Å². The van der Waals surface area contributed by atoms with Crippen LogP contribution in [0.2, 0.25) is 5.15 Å². The molecule has 0 fully saturated rings. The van der Waals surface area contributed by atoms with Crippen molar-refractivity contribution < 1.29 is 9.90 Å². The fourth-order valence-corrected chi connectivity index (χ4v) is 1.70. The van der Waals surface area contributed by atoms with E-state index in [0.29, 0.717) is 11.3 Å². The standard InChI is InChI=1S/C13H11ClN2O2/c1-16(10-2-4-11(17)5-3-10)13(18)9-6-7-15-12(14)8-9/h2-8,17H,1H3. The number of hydrogen-bond donors (Lipinski definition) is 1. The van der Waals surface area contributed by atoms with Crippen LogP contribution in [0.15, 0.2) is 42.6 Å². The highest BCUT2D eigenvalue weighted by atomic mass is 35.5. The number of carbonyl (C=O) groups excluding carboxylic acids is 1. The Balaban J connectivity index is 2.26. The van der Waals surface area contributed by atoms with Crippen LogP contribution in [0.4, 0.5) is 5.69 Å². The summed E-state index contributed by atoms with van der Waals surface area (Å²) in [5.41, 5.74) is 1.15. The number of benzene rings is 1. The first-order valence-corrected chi connectivity index (χ1v) is 5.64. The van der Waals surface area contributed by atoms with E-state index in [1.165, 1.54) is 29.3 Å². The van der Waals surface area contributed by atoms with Gasteiger partial charge in [0, 0.05) is 24.5 Å². The zero-order valence-electron chi connectivity index (χ0n) is 9.67. The number of pyridine rings is 1. The van der Waals surface area contributed by atoms with Crippen LogP contribution in [-0.4, -0.2) is 23.0 Å². The number of phenols is 1. The lowest BCUT2D eigenvalue weighted by Gasteiger charge is -2.17. The molecule has 0 aliphatic heterocycles. The van der Waals surface area contributed by atoms with Crippen LogP contribution in [-0.2, 0) is 0 Å². The summed E-state index contributed by atoms with van der Waals surface area (Å²) in [5.74, 6) is -0.0310. The first-order valence-electron chi connectivity index (χ1n) is 5.26. The zero-order valence-corrected chi connectivity index (χ0v) is 10.4. The van der Waals surface area contributed by atoms with Gasteiger partial charge in [-0.25, -0.2) is 4.98 Å². The van der Waals surface area contributed by atoms with Crippen LogP contribution in [0.5, 0.6) is 5.75 Å². The summed E-state index contributed by atoms with van der Waals surface area (Å²) in [4.78, 5) is 17.5. The maximum absolute atomic E-state index is 12.2. The largest absolute Gasteiger partial charge is 0.508 e. The highest BCUT2D eigenvalue weighted by Gasteiger charge is 2.13. The summed E-state index contributed by atoms with van der Waals surface area (Å²) < 4.78 is 0. The molecule has 4 nitrogen and oxygen atoms in total. The third-order valence-corrected chi connectivity index (χ3v) is 2.72. The van der Waals surface area contributed by atoms with Crippen LogP contribution < -0.4 is 4.90 Å². The van der Waals surface area contributed by atoms with Crippen molar-refractivity contribution in [2.45, 2.75) is 0 Å². The molecule has 92 valence electrons. The van der Waals surface area contributed by atoms with Crippen LogP contribution >= 0.6 is 11.6 Å². The zero-order chi connectivity index (χ0) is 13.1. The number of aromatic nitrogens is 1. The Hall–Kier alpha value is -2.07. The molecule has 0 atom stereocenters. The van der Waals surface area contributed by atoms with Crippen LogP contribution in [0.25, 0.3) is 0 Å². The predicted octanol–water partition coefficient (Wildman–Crippen LogP) is 2.72. The molecule has 0 bridgehead atoms. The van der Waals surface area contributed by atoms with E-state index in [4.69, 9.17) is 11.6 Å². The van der Waals surface area contributed by atoms with Gasteiger partial charge in [0.15, 0.2) is 0 Å². The van der Waals surface area contributed by atoms with Crippen molar-refractivity contribution in [2.75, 3.05) is 11.9 Å². The van der Waals surface area contributed by atoms with Gasteiger partial charge in [-0.3, -0.25) is 4.79 Å². The van der Waals surface area contributed by atoms with Crippen molar-refractivity contribution in [1.29, 1.82) is 0 Å². The van der Waals surface area contributed by atoms with Gasteiger partial charge < -0.3 is 10.0 Å². The molecule has 1 N–H and O–H groups in total. The molecule has 1 amide bonds. The van der Waals surface area contributed by atoms with Gasteiger partial charge in [-0.2, -0.15) is 0 Å². The second-order valence-corrected chi connectivity index (χ2v) is 4.14. The van der Waals surface area contributed by atoms with E-state index in [0.717, 1.165) is 0 Å². The normalized spacial score (nSPS) is 10.1. The number of aromatic hydroxyl groups is 1. The van der Waals surface area contributed by atoms with E-state index >= 15 is 0 Å². The summed E-state index contributed by atoms with van der Waals surface area (Å²) in [6.45, 7) is 0. The first kappa shape index (κ1) is 12.4. The Bertz CT molecular complexity index is 569. The fraction of sp³-hybridized carbons (Fsp3) is 0.0769. The van der Waals surface area contributed by atoms with Crippen molar-refractivity contribution in [3.63, 3.8) is 0 Å². The van der Waals surface area contributed by atoms with Gasteiger partial charge >= 0.3 is 0 Å². The van der Waals surface area contributed by atoms with E-state index in [1.807, 2.05) is 0 Å². The van der Waals surface area contributed by atoms with E-state index in [1.54, 1.807) is 25.2 Å². The lowest BCUT2D eigenvalue weighted by atomic mass is 10.2. The summed E-state index contributed by atoms with van der Waals surface area (Å²) in [6.07, 6.45) is 1.49. The van der Waals surface area contributed by atoms with Crippen molar-refractivity contribution in [1.82, 2.24) is 4.98 Å². The van der Waals surface area contributed by atoms with Gasteiger partial charge in [0.1, 0.15) is 10.9 Å². The van der Waals surface area contributed by atoms with Crippen molar-refractivity contribution in [2.24, 2.45) is 0 Å². The molecule has 2 rings (SSSR count). The van der Waals surface area contributed by atoms with Gasteiger partial charge in [0.2, 0.25) is 0 Å². The maximum Gasteiger partial charge on any atom is 0.258 e. The Morgan fingerprint density at radius 2 is 1.94 bits per heavy atom. The van der Waals surface area contributed by atoms with Gasteiger partial charge in [-0.15, -0.1) is 0 Å². The third kappa shape index (κ3) is 2.60. The molecular weight excluding hydrogens is 252 g/mol. The SMILES string of the molecule is CN(C(=O)c1ccnc(Cl)c1)c1ccc(O)cc1. The van der Waals surface area contributed by atoms with E-state index in [2.05, 4.69) is 4.98 Å². The van der Waals surface area contributed by atoms with Gasteiger partial charge in [-0.05, 0) is 36.4 Å². The molecular formula is C13H11ClN2O2. The number of amides is 1. The monoisotopic (exact) mass is 262 g/mol. The molecule has 0 radical (unpaired) electrons. The summed E-state index contributed by atoms with van der Waals surface area (Å²) in [6, 6.07) is 9.50. The summed E-state index contributed by atoms with van der Waals surface area (Å²) in [7, 11) is 1.66. The lowest BCUT2D eigenvalue weighted by molar-refractivity contribution is 0.0993. The average molecular weight is 263 g/mol. The van der Waals surface area contributed by atoms with E-state index in [-0.39, 0.29) is 16.8 Å². The Kier molecular flexibility index (Phi) is 3.48. The number of halogens is 1. The van der Waals surface area contributed by atoms with E-state index in [9.17, 15) is 9.90 Å². The number of hydrogen-bond acceptors (Lipinski definition) is 3. The van der Waals surface area contributed by atoms with Gasteiger partial charge in [0.05, 0.1) is 0 Å². The van der Waals surface area contributed by atoms with Crippen LogP contribution in [0.3, 0.4) is 0 Å². The second-order valence-electron chi connectivity index (χ2n) is 3.75. The summed E-state index contributed by atoms with van der Waals surface area (Å²) in [5, 5.41) is 9.48. The Labute approximate surface area is 109 Å². The van der Waals surface area contributed by atoms with Crippen molar-refractivity contribution in [3.05, 3.63) is 53.3 Å². The highest BCUT2D eigenvalue weighted by Crippen LogP contribution is 2.19. The van der Waals surface area contributed by atoms with E-state index < -0.39 is 0 Å². The minimum absolute atomic E-state index is 0.159. The number of rotatable bonds is 2. The quantitative estimate of drug-likeness (QED) is 0.847. The third-order valence-electron chi connectivity index (χ3n) is 2.52. The van der Waals surface area contributed by atoms with Gasteiger partial charge in [0.25, 0.3) is 5.91 Å². The highest BCUT2D eigenvalue weighted by molar-refractivity contribution is 6.29. The Morgan fingerprint density at radius 1 is 1.28 bits per heavy atom. The molecule has 1 aromatic heterocycles. The number of phenolic OH excluding ortho intramolecular Hbond substituents is 1. The molecule has 18 heavy (non-hydrogen) atoms. The number of anilines is 1. The van der Waals surface area contributed by atoms with Crippen molar-refractivity contribution >= 4 is 23.2 Å². The minimum Gasteiger partial charge on any atom is -0.508 e. The molecule has 0 unspecified atom stereocenters. The smallest absolute Gasteiger partial charge is 0.258 e. The predicted molar refractivity (Wildman–Crippen MR) is 70.1 cm³/mol. The minimum atomic E-state index is -0.190. The molecule has 1 heterocycles. The molecule has 0 aliphatic carbocycles. The number of nitrogens with zero attached hydrogens (tertiary/aromatic N) is 2. The lowest BCUT2D eigenvalue weighted by Crippen LogP contribution is -2.26. The summed E-state index contributed by atoms with van der Waals surface area (Å²) >= 11 is 5.75. The molecule has 1 aromatic carbocycles. The van der Waals surface area contributed by atoms with Gasteiger partial charge in [-0.1, -0.05) is 11.6 Å². The molecule has 0 saturated carbocycles.